The van der Waals surface area contributed by atoms with Crippen molar-refractivity contribution in [1.29, 1.82) is 0 Å². The largest absolute Gasteiger partial charge is 0.495 e. The molecule has 0 unspecified atom stereocenters. The Morgan fingerprint density at radius 3 is 2.44 bits per heavy atom. The number of methoxy groups -OCH3 is 2. The van der Waals surface area contributed by atoms with Crippen LogP contribution in [0.25, 0.3) is 0 Å². The normalized spacial score (nSPS) is 10.2. The first-order valence-electron chi connectivity index (χ1n) is 7.64. The van der Waals surface area contributed by atoms with Gasteiger partial charge in [-0.05, 0) is 36.8 Å². The van der Waals surface area contributed by atoms with Crippen molar-refractivity contribution in [3.8, 4) is 17.2 Å². The van der Waals surface area contributed by atoms with E-state index in [-0.39, 0.29) is 5.56 Å². The van der Waals surface area contributed by atoms with Crippen LogP contribution < -0.4 is 19.5 Å². The maximum absolute atomic E-state index is 11.1. The molecule has 0 saturated heterocycles. The number of carboxylic acid groups (broad SMARTS) is 1. The van der Waals surface area contributed by atoms with Crippen molar-refractivity contribution in [1.82, 2.24) is 0 Å². The van der Waals surface area contributed by atoms with Crippen LogP contribution in [0.15, 0.2) is 30.3 Å². The molecule has 0 radical (unpaired) electrons. The Hall–Kier alpha value is -2.60. The van der Waals surface area contributed by atoms with Gasteiger partial charge in [0, 0.05) is 17.6 Å². The van der Waals surface area contributed by atoms with Crippen molar-refractivity contribution < 1.29 is 24.1 Å². The number of halogens is 1. The molecule has 0 aromatic heterocycles. The summed E-state index contributed by atoms with van der Waals surface area (Å²) in [6, 6.07) is 8.09. The second-order valence-corrected chi connectivity index (χ2v) is 5.51. The monoisotopic (exact) mass is 365 g/mol. The van der Waals surface area contributed by atoms with Gasteiger partial charge in [0.1, 0.15) is 5.75 Å². The van der Waals surface area contributed by atoms with Crippen LogP contribution in [0.1, 0.15) is 22.8 Å². The van der Waals surface area contributed by atoms with Gasteiger partial charge in [0.05, 0.1) is 32.1 Å². The molecular formula is C18H20ClNO5. The Kier molecular flexibility index (Phi) is 6.36. The zero-order valence-corrected chi connectivity index (χ0v) is 15.0. The zero-order valence-electron chi connectivity index (χ0n) is 14.3. The highest BCUT2D eigenvalue weighted by molar-refractivity contribution is 6.31. The van der Waals surface area contributed by atoms with Crippen molar-refractivity contribution in [3.63, 3.8) is 0 Å². The number of nitrogens with one attached hydrogen (secondary N) is 1. The molecule has 134 valence electrons. The maximum Gasteiger partial charge on any atom is 0.335 e. The van der Waals surface area contributed by atoms with E-state index < -0.39 is 5.97 Å². The molecule has 0 spiro atoms. The molecule has 2 rings (SSSR count). The topological polar surface area (TPSA) is 77.0 Å². The second-order valence-electron chi connectivity index (χ2n) is 5.10. The van der Waals surface area contributed by atoms with Crippen LogP contribution in [0, 0.1) is 0 Å². The fourth-order valence-corrected chi connectivity index (χ4v) is 2.53. The molecule has 0 bridgehead atoms. The number of aromatic carboxylic acids is 1. The van der Waals surface area contributed by atoms with E-state index in [0.29, 0.717) is 41.1 Å². The van der Waals surface area contributed by atoms with Gasteiger partial charge >= 0.3 is 5.97 Å². The molecule has 2 aromatic rings. The van der Waals surface area contributed by atoms with Gasteiger partial charge in [-0.1, -0.05) is 11.6 Å². The molecule has 2 N–H and O–H groups in total. The minimum atomic E-state index is -1.01. The van der Waals surface area contributed by atoms with Gasteiger partial charge in [-0.2, -0.15) is 0 Å². The molecule has 7 heteroatoms. The second kappa shape index (κ2) is 8.48. The van der Waals surface area contributed by atoms with E-state index >= 15 is 0 Å². The van der Waals surface area contributed by atoms with E-state index in [0.717, 1.165) is 5.56 Å². The highest BCUT2D eigenvalue weighted by Gasteiger charge is 2.13. The van der Waals surface area contributed by atoms with E-state index in [4.69, 9.17) is 30.9 Å². The minimum absolute atomic E-state index is 0.166. The van der Waals surface area contributed by atoms with Crippen molar-refractivity contribution >= 4 is 23.3 Å². The molecule has 0 heterocycles. The lowest BCUT2D eigenvalue weighted by Gasteiger charge is -2.15. The predicted molar refractivity (Wildman–Crippen MR) is 96.5 cm³/mol. The highest BCUT2D eigenvalue weighted by Crippen LogP contribution is 2.34. The third-order valence-corrected chi connectivity index (χ3v) is 3.90. The molecule has 0 fully saturated rings. The third-order valence-electron chi connectivity index (χ3n) is 3.55. The third kappa shape index (κ3) is 4.48. The number of ether oxygens (including phenoxy) is 3. The van der Waals surface area contributed by atoms with E-state index in [1.165, 1.54) is 19.2 Å². The summed E-state index contributed by atoms with van der Waals surface area (Å²) in [5, 5.41) is 12.8. The number of carboxylic acids is 1. The van der Waals surface area contributed by atoms with Gasteiger partial charge in [0.2, 0.25) is 0 Å². The van der Waals surface area contributed by atoms with Gasteiger partial charge in [0.25, 0.3) is 0 Å². The number of benzene rings is 2. The van der Waals surface area contributed by atoms with Gasteiger partial charge in [-0.25, -0.2) is 4.79 Å². The highest BCUT2D eigenvalue weighted by atomic mass is 35.5. The molecule has 0 aliphatic heterocycles. The average Bonchev–Trinajstić information content (AvgIpc) is 2.61. The van der Waals surface area contributed by atoms with E-state index in [9.17, 15) is 4.79 Å². The smallest absolute Gasteiger partial charge is 0.335 e. The number of hydrogen-bond acceptors (Lipinski definition) is 5. The van der Waals surface area contributed by atoms with E-state index in [1.807, 2.05) is 6.92 Å². The standard InChI is InChI=1S/C18H20ClNO5/c1-4-25-17-8-12(13(19)9-16(17)24-3)10-20-14-7-11(18(21)22)5-6-15(14)23-2/h5-9,20H,4,10H2,1-3H3,(H,21,22). The lowest BCUT2D eigenvalue weighted by atomic mass is 10.1. The Morgan fingerprint density at radius 2 is 1.84 bits per heavy atom. The SMILES string of the molecule is CCOc1cc(CNc2cc(C(=O)O)ccc2OC)c(Cl)cc1OC. The summed E-state index contributed by atoms with van der Waals surface area (Å²) in [5.41, 5.74) is 1.51. The first-order valence-corrected chi connectivity index (χ1v) is 8.02. The summed E-state index contributed by atoms with van der Waals surface area (Å²) in [4.78, 5) is 11.1. The molecule has 0 amide bonds. The van der Waals surface area contributed by atoms with Crippen molar-refractivity contribution in [2.75, 3.05) is 26.1 Å². The molecular weight excluding hydrogens is 346 g/mol. The van der Waals surface area contributed by atoms with Crippen LogP contribution in [-0.4, -0.2) is 31.9 Å². The van der Waals surface area contributed by atoms with Gasteiger partial charge in [-0.15, -0.1) is 0 Å². The molecule has 0 aliphatic rings. The molecule has 0 saturated carbocycles. The molecule has 6 nitrogen and oxygen atoms in total. The Morgan fingerprint density at radius 1 is 1.12 bits per heavy atom. The van der Waals surface area contributed by atoms with Crippen molar-refractivity contribution in [2.45, 2.75) is 13.5 Å². The lowest BCUT2D eigenvalue weighted by molar-refractivity contribution is 0.0697. The maximum atomic E-state index is 11.1. The van der Waals surface area contributed by atoms with Crippen LogP contribution in [-0.2, 0) is 6.54 Å². The molecule has 2 aromatic carbocycles. The quantitative estimate of drug-likeness (QED) is 0.734. The first-order chi connectivity index (χ1) is 12.0. The Balaban J connectivity index is 2.27. The van der Waals surface area contributed by atoms with Crippen LogP contribution in [0.3, 0.4) is 0 Å². The van der Waals surface area contributed by atoms with Crippen molar-refractivity contribution in [2.24, 2.45) is 0 Å². The summed E-state index contributed by atoms with van der Waals surface area (Å²) < 4.78 is 16.1. The summed E-state index contributed by atoms with van der Waals surface area (Å²) in [7, 11) is 3.07. The van der Waals surface area contributed by atoms with Gasteiger partial charge in [-0.3, -0.25) is 0 Å². The van der Waals surface area contributed by atoms with Crippen LogP contribution in [0.4, 0.5) is 5.69 Å². The molecule has 25 heavy (non-hydrogen) atoms. The predicted octanol–water partition coefficient (Wildman–Crippen LogP) is 4.07. The first kappa shape index (κ1) is 18.7. The van der Waals surface area contributed by atoms with Gasteiger partial charge < -0.3 is 24.6 Å². The fraction of sp³-hybridized carbons (Fsp3) is 0.278. The van der Waals surface area contributed by atoms with Crippen molar-refractivity contribution in [3.05, 3.63) is 46.5 Å². The molecule has 0 aliphatic carbocycles. The summed E-state index contributed by atoms with van der Waals surface area (Å²) in [5.74, 6) is 0.685. The molecule has 0 atom stereocenters. The van der Waals surface area contributed by atoms with E-state index in [1.54, 1.807) is 25.3 Å². The van der Waals surface area contributed by atoms with Crippen LogP contribution in [0.2, 0.25) is 5.02 Å². The van der Waals surface area contributed by atoms with E-state index in [2.05, 4.69) is 5.32 Å². The minimum Gasteiger partial charge on any atom is -0.495 e. The summed E-state index contributed by atoms with van der Waals surface area (Å²) >= 11 is 6.30. The lowest BCUT2D eigenvalue weighted by Crippen LogP contribution is -2.05. The van der Waals surface area contributed by atoms with Crippen LogP contribution in [0.5, 0.6) is 17.2 Å². The van der Waals surface area contributed by atoms with Gasteiger partial charge in [0.15, 0.2) is 11.5 Å². The summed E-state index contributed by atoms with van der Waals surface area (Å²) in [6.07, 6.45) is 0. The summed E-state index contributed by atoms with van der Waals surface area (Å²) in [6.45, 7) is 2.75. The van der Waals surface area contributed by atoms with Crippen LogP contribution >= 0.6 is 11.6 Å². The number of anilines is 1. The number of carbonyl (C=O) groups is 1. The number of rotatable bonds is 8. The Labute approximate surface area is 151 Å². The zero-order chi connectivity index (χ0) is 18.4. The fourth-order valence-electron chi connectivity index (χ4n) is 2.31. The number of hydrogen-bond donors (Lipinski definition) is 2. The average molecular weight is 366 g/mol. The Bertz CT molecular complexity index is 763.